The largest absolute Gasteiger partial charge is 0.497 e. The van der Waals surface area contributed by atoms with Gasteiger partial charge in [0.2, 0.25) is 11.8 Å². The molecule has 1 N–H and O–H groups in total. The van der Waals surface area contributed by atoms with Gasteiger partial charge in [-0.15, -0.1) is 11.8 Å². The molecular formula is C22H26N2O4S. The molecule has 1 saturated heterocycles. The van der Waals surface area contributed by atoms with Gasteiger partial charge in [0.05, 0.1) is 25.7 Å². The van der Waals surface area contributed by atoms with E-state index in [1.807, 2.05) is 24.3 Å². The number of unbranched alkanes of at least 4 members (excludes halogenated alkanes) is 1. The summed E-state index contributed by atoms with van der Waals surface area (Å²) in [5, 5.41) is 2.74. The maximum atomic E-state index is 12.8. The number of nitrogens with zero attached hydrogens (tertiary/aromatic N) is 1. The van der Waals surface area contributed by atoms with Crippen LogP contribution in [0.25, 0.3) is 0 Å². The summed E-state index contributed by atoms with van der Waals surface area (Å²) in [6.07, 6.45) is 2.29. The van der Waals surface area contributed by atoms with E-state index in [4.69, 9.17) is 9.47 Å². The van der Waals surface area contributed by atoms with Crippen molar-refractivity contribution in [3.05, 3.63) is 48.0 Å². The average molecular weight is 415 g/mol. The maximum absolute atomic E-state index is 12.8. The number of nitrogens with one attached hydrogen (secondary N) is 1. The predicted molar refractivity (Wildman–Crippen MR) is 117 cm³/mol. The van der Waals surface area contributed by atoms with E-state index in [0.717, 1.165) is 24.1 Å². The van der Waals surface area contributed by atoms with Crippen molar-refractivity contribution in [3.63, 3.8) is 0 Å². The van der Waals surface area contributed by atoms with Gasteiger partial charge in [-0.1, -0.05) is 31.5 Å². The molecule has 2 aromatic carbocycles. The highest BCUT2D eigenvalue weighted by atomic mass is 32.2. The first-order valence-corrected chi connectivity index (χ1v) is 10.7. The topological polar surface area (TPSA) is 67.9 Å². The van der Waals surface area contributed by atoms with Crippen molar-refractivity contribution in [2.75, 3.05) is 30.2 Å². The third-order valence-electron chi connectivity index (χ3n) is 4.77. The number of hydrogen-bond acceptors (Lipinski definition) is 5. The summed E-state index contributed by atoms with van der Waals surface area (Å²) in [6.45, 7) is 2.06. The molecule has 1 atom stereocenters. The van der Waals surface area contributed by atoms with Gasteiger partial charge in [0, 0.05) is 23.7 Å². The Bertz CT molecular complexity index is 887. The van der Waals surface area contributed by atoms with Crippen LogP contribution in [0.3, 0.4) is 0 Å². The molecule has 0 radical (unpaired) electrons. The van der Waals surface area contributed by atoms with Crippen LogP contribution in [0, 0.1) is 0 Å². The zero-order chi connectivity index (χ0) is 20.8. The van der Waals surface area contributed by atoms with Gasteiger partial charge in [-0.2, -0.15) is 0 Å². The summed E-state index contributed by atoms with van der Waals surface area (Å²) in [4.78, 5) is 26.9. The van der Waals surface area contributed by atoms with Gasteiger partial charge in [-0.25, -0.2) is 0 Å². The fourth-order valence-corrected chi connectivity index (χ4v) is 4.48. The lowest BCUT2D eigenvalue weighted by atomic mass is 10.1. The van der Waals surface area contributed by atoms with Crippen LogP contribution in [0.2, 0.25) is 0 Å². The third-order valence-corrected chi connectivity index (χ3v) is 5.97. The van der Waals surface area contributed by atoms with Crippen LogP contribution in [-0.2, 0) is 9.59 Å². The molecule has 2 aromatic rings. The van der Waals surface area contributed by atoms with E-state index in [0.29, 0.717) is 29.4 Å². The molecular weight excluding hydrogens is 388 g/mol. The van der Waals surface area contributed by atoms with E-state index in [1.165, 1.54) is 11.8 Å². The molecule has 1 fully saturated rings. The van der Waals surface area contributed by atoms with Crippen molar-refractivity contribution in [3.8, 4) is 11.5 Å². The number of rotatable bonds is 8. The number of para-hydroxylation sites is 1. The monoisotopic (exact) mass is 414 g/mol. The van der Waals surface area contributed by atoms with Gasteiger partial charge >= 0.3 is 0 Å². The van der Waals surface area contributed by atoms with E-state index in [1.54, 1.807) is 37.3 Å². The minimum atomic E-state index is -0.272. The quantitative estimate of drug-likeness (QED) is 0.683. The van der Waals surface area contributed by atoms with Gasteiger partial charge in [-0.3, -0.25) is 14.5 Å². The van der Waals surface area contributed by atoms with E-state index < -0.39 is 0 Å². The summed E-state index contributed by atoms with van der Waals surface area (Å²) < 4.78 is 10.8. The number of methoxy groups -OCH3 is 2. The average Bonchev–Trinajstić information content (AvgIpc) is 3.13. The van der Waals surface area contributed by atoms with Crippen LogP contribution in [-0.4, -0.2) is 31.8 Å². The zero-order valence-electron chi connectivity index (χ0n) is 16.9. The van der Waals surface area contributed by atoms with Crippen LogP contribution in [0.4, 0.5) is 11.4 Å². The fourth-order valence-electron chi connectivity index (χ4n) is 3.28. The Morgan fingerprint density at radius 1 is 1.21 bits per heavy atom. The molecule has 0 bridgehead atoms. The lowest BCUT2D eigenvalue weighted by molar-refractivity contribution is -0.116. The molecule has 0 spiro atoms. The van der Waals surface area contributed by atoms with Crippen LogP contribution in [0.15, 0.2) is 42.5 Å². The maximum Gasteiger partial charge on any atom is 0.238 e. The lowest BCUT2D eigenvalue weighted by Gasteiger charge is -2.27. The molecule has 0 saturated carbocycles. The summed E-state index contributed by atoms with van der Waals surface area (Å²) in [5.74, 6) is 1.56. The predicted octanol–water partition coefficient (Wildman–Crippen LogP) is 4.61. The Kier molecular flexibility index (Phi) is 7.04. The molecule has 29 heavy (non-hydrogen) atoms. The van der Waals surface area contributed by atoms with E-state index in [2.05, 4.69) is 12.2 Å². The number of hydrogen-bond donors (Lipinski definition) is 1. The van der Waals surface area contributed by atoms with Crippen molar-refractivity contribution < 1.29 is 19.1 Å². The van der Waals surface area contributed by atoms with E-state index in [-0.39, 0.29) is 17.2 Å². The first-order valence-electron chi connectivity index (χ1n) is 9.63. The van der Waals surface area contributed by atoms with Gasteiger partial charge in [0.25, 0.3) is 0 Å². The second-order valence-electron chi connectivity index (χ2n) is 6.70. The van der Waals surface area contributed by atoms with Crippen molar-refractivity contribution in [2.24, 2.45) is 0 Å². The number of carbonyl (C=O) groups excluding carboxylic acids is 2. The molecule has 6 nitrogen and oxygen atoms in total. The molecule has 1 heterocycles. The molecule has 1 aliphatic heterocycles. The molecule has 7 heteroatoms. The minimum absolute atomic E-state index is 0.0147. The summed E-state index contributed by atoms with van der Waals surface area (Å²) >= 11 is 1.53. The van der Waals surface area contributed by atoms with Crippen molar-refractivity contribution in [1.29, 1.82) is 0 Å². The van der Waals surface area contributed by atoms with Gasteiger partial charge in [-0.05, 0) is 24.6 Å². The number of benzene rings is 2. The standard InChI is InChI=1S/C22H26N2O4S/c1-4-5-10-20(25)23-17-9-7-6-8-16(17)22-24(21(26)14-29-22)18-13-15(27-2)11-12-19(18)28-3/h6-9,11-13,22H,4-5,10,14H2,1-3H3,(H,23,25)/t22-/m1/s1. The van der Waals surface area contributed by atoms with Crippen LogP contribution >= 0.6 is 11.8 Å². The Morgan fingerprint density at radius 2 is 2.00 bits per heavy atom. The van der Waals surface area contributed by atoms with Crippen molar-refractivity contribution in [1.82, 2.24) is 0 Å². The Balaban J connectivity index is 1.97. The normalized spacial score (nSPS) is 16.0. The van der Waals surface area contributed by atoms with Crippen molar-refractivity contribution in [2.45, 2.75) is 31.6 Å². The van der Waals surface area contributed by atoms with E-state index >= 15 is 0 Å². The number of amides is 2. The molecule has 154 valence electrons. The highest BCUT2D eigenvalue weighted by molar-refractivity contribution is 8.00. The van der Waals surface area contributed by atoms with Gasteiger partial charge < -0.3 is 14.8 Å². The number of thioether (sulfide) groups is 1. The lowest BCUT2D eigenvalue weighted by Crippen LogP contribution is -2.29. The summed E-state index contributed by atoms with van der Waals surface area (Å²) in [6, 6.07) is 13.0. The first kappa shape index (κ1) is 21.0. The highest BCUT2D eigenvalue weighted by Crippen LogP contribution is 2.47. The summed E-state index contributed by atoms with van der Waals surface area (Å²) in [7, 11) is 3.17. The molecule has 0 aromatic heterocycles. The molecule has 2 amide bonds. The van der Waals surface area contributed by atoms with Crippen LogP contribution in [0.1, 0.15) is 37.1 Å². The second-order valence-corrected chi connectivity index (χ2v) is 7.77. The third kappa shape index (κ3) is 4.67. The molecule has 3 rings (SSSR count). The van der Waals surface area contributed by atoms with E-state index in [9.17, 15) is 9.59 Å². The Labute approximate surface area is 175 Å². The SMILES string of the molecule is CCCCC(=O)Nc1ccccc1[C@H]1SCC(=O)N1c1cc(OC)ccc1OC. The highest BCUT2D eigenvalue weighted by Gasteiger charge is 2.37. The summed E-state index contributed by atoms with van der Waals surface area (Å²) in [5.41, 5.74) is 2.27. The minimum Gasteiger partial charge on any atom is -0.497 e. The molecule has 1 aliphatic rings. The van der Waals surface area contributed by atoms with Crippen LogP contribution < -0.4 is 19.7 Å². The number of carbonyl (C=O) groups is 2. The Morgan fingerprint density at radius 3 is 2.72 bits per heavy atom. The number of ether oxygens (including phenoxy) is 2. The zero-order valence-corrected chi connectivity index (χ0v) is 17.8. The molecule has 0 aliphatic carbocycles. The van der Waals surface area contributed by atoms with Gasteiger partial charge in [0.1, 0.15) is 16.9 Å². The number of anilines is 2. The van der Waals surface area contributed by atoms with Crippen LogP contribution in [0.5, 0.6) is 11.5 Å². The van der Waals surface area contributed by atoms with Crippen molar-refractivity contribution >= 4 is 35.0 Å². The fraction of sp³-hybridized carbons (Fsp3) is 0.364. The van der Waals surface area contributed by atoms with Gasteiger partial charge in [0.15, 0.2) is 0 Å². The molecule has 0 unspecified atom stereocenters. The smallest absolute Gasteiger partial charge is 0.238 e. The second kappa shape index (κ2) is 9.69. The Hall–Kier alpha value is -2.67. The first-order chi connectivity index (χ1) is 14.1.